The van der Waals surface area contributed by atoms with Crippen LogP contribution >= 0.6 is 11.8 Å². The molecule has 4 aromatic rings. The van der Waals surface area contributed by atoms with Gasteiger partial charge in [-0.15, -0.1) is 10.2 Å². The summed E-state index contributed by atoms with van der Waals surface area (Å²) in [6, 6.07) is 13.6. The molecule has 1 N–H and O–H groups in total. The van der Waals surface area contributed by atoms with Crippen LogP contribution in [-0.2, 0) is 11.8 Å². The topological polar surface area (TPSA) is 82.2 Å². The lowest BCUT2D eigenvalue weighted by molar-refractivity contribution is -0.113. The zero-order valence-electron chi connectivity index (χ0n) is 17.2. The number of furan rings is 1. The third kappa shape index (κ3) is 3.91. The quantitative estimate of drug-likeness (QED) is 0.458. The molecule has 7 nitrogen and oxygen atoms in total. The molecule has 0 atom stereocenters. The molecule has 0 bridgehead atoms. The standard InChI is InChI=1S/C22H22N4O3S/c1-13-8-9-14(2)16(10-13)23-19(27)12-30-22-25-24-21(26(22)3)18-11-15-6-5-7-17(28-4)20(15)29-18/h5-11H,12H2,1-4H3,(H,23,27). The number of methoxy groups -OCH3 is 1. The number of ether oxygens (including phenoxy) is 1. The minimum atomic E-state index is -0.0910. The van der Waals surface area contributed by atoms with Gasteiger partial charge in [0.25, 0.3) is 0 Å². The number of carbonyl (C=O) groups is 1. The van der Waals surface area contributed by atoms with Gasteiger partial charge in [-0.05, 0) is 43.2 Å². The highest BCUT2D eigenvalue weighted by molar-refractivity contribution is 7.99. The second kappa shape index (κ2) is 8.23. The molecule has 2 aromatic heterocycles. The average Bonchev–Trinajstić information content (AvgIpc) is 3.32. The number of carbonyl (C=O) groups excluding carboxylic acids is 1. The number of nitrogens with zero attached hydrogens (tertiary/aromatic N) is 3. The second-order valence-electron chi connectivity index (χ2n) is 7.01. The van der Waals surface area contributed by atoms with Crippen molar-refractivity contribution in [2.45, 2.75) is 19.0 Å². The number of nitrogens with one attached hydrogen (secondary N) is 1. The van der Waals surface area contributed by atoms with E-state index in [1.807, 2.05) is 67.9 Å². The maximum absolute atomic E-state index is 12.4. The predicted molar refractivity (Wildman–Crippen MR) is 118 cm³/mol. The van der Waals surface area contributed by atoms with E-state index in [2.05, 4.69) is 15.5 Å². The number of aromatic nitrogens is 3. The third-order valence-corrected chi connectivity index (χ3v) is 5.80. The first-order valence-corrected chi connectivity index (χ1v) is 10.4. The molecule has 0 radical (unpaired) electrons. The van der Waals surface area contributed by atoms with E-state index in [-0.39, 0.29) is 11.7 Å². The Kier molecular flexibility index (Phi) is 5.50. The predicted octanol–water partition coefficient (Wildman–Crippen LogP) is 4.58. The van der Waals surface area contributed by atoms with Gasteiger partial charge in [0, 0.05) is 18.1 Å². The van der Waals surface area contributed by atoms with Crippen LogP contribution in [0.3, 0.4) is 0 Å². The number of amides is 1. The van der Waals surface area contributed by atoms with Crippen molar-refractivity contribution in [3.05, 3.63) is 53.6 Å². The van der Waals surface area contributed by atoms with E-state index in [9.17, 15) is 4.79 Å². The molecule has 8 heteroatoms. The number of para-hydroxylation sites is 1. The zero-order chi connectivity index (χ0) is 21.3. The van der Waals surface area contributed by atoms with Crippen LogP contribution < -0.4 is 10.1 Å². The lowest BCUT2D eigenvalue weighted by atomic mass is 10.1. The molecule has 4 rings (SSSR count). The summed E-state index contributed by atoms with van der Waals surface area (Å²) in [6.07, 6.45) is 0. The molecular formula is C22H22N4O3S. The number of hydrogen-bond donors (Lipinski definition) is 1. The van der Waals surface area contributed by atoms with Gasteiger partial charge in [-0.3, -0.25) is 4.79 Å². The molecule has 1 amide bonds. The fraction of sp³-hybridized carbons (Fsp3) is 0.227. The van der Waals surface area contributed by atoms with Gasteiger partial charge in [0.15, 0.2) is 28.1 Å². The first kappa shape index (κ1) is 20.0. The van der Waals surface area contributed by atoms with Gasteiger partial charge in [-0.2, -0.15) is 0 Å². The average molecular weight is 423 g/mol. The molecule has 0 spiro atoms. The molecule has 0 saturated heterocycles. The number of anilines is 1. The summed E-state index contributed by atoms with van der Waals surface area (Å²) >= 11 is 1.33. The fourth-order valence-corrected chi connectivity index (χ4v) is 3.86. The highest BCUT2D eigenvalue weighted by Gasteiger charge is 2.18. The summed E-state index contributed by atoms with van der Waals surface area (Å²) in [4.78, 5) is 12.4. The molecule has 30 heavy (non-hydrogen) atoms. The Morgan fingerprint density at radius 3 is 2.83 bits per heavy atom. The van der Waals surface area contributed by atoms with Crippen molar-refractivity contribution in [3.63, 3.8) is 0 Å². The largest absolute Gasteiger partial charge is 0.493 e. The minimum absolute atomic E-state index is 0.0910. The molecule has 0 aliphatic heterocycles. The first-order chi connectivity index (χ1) is 14.5. The zero-order valence-corrected chi connectivity index (χ0v) is 18.0. The van der Waals surface area contributed by atoms with E-state index >= 15 is 0 Å². The van der Waals surface area contributed by atoms with Crippen LogP contribution in [0.2, 0.25) is 0 Å². The Labute approximate surface area is 178 Å². The van der Waals surface area contributed by atoms with Crippen molar-refractivity contribution < 1.29 is 13.9 Å². The Morgan fingerprint density at radius 1 is 1.20 bits per heavy atom. The highest BCUT2D eigenvalue weighted by Crippen LogP contribution is 2.33. The maximum Gasteiger partial charge on any atom is 0.234 e. The van der Waals surface area contributed by atoms with E-state index in [1.54, 1.807) is 7.11 Å². The summed E-state index contributed by atoms with van der Waals surface area (Å²) in [7, 11) is 3.46. The van der Waals surface area contributed by atoms with E-state index in [0.717, 1.165) is 22.2 Å². The smallest absolute Gasteiger partial charge is 0.234 e. The lowest BCUT2D eigenvalue weighted by Gasteiger charge is -2.09. The number of fused-ring (bicyclic) bond motifs is 1. The van der Waals surface area contributed by atoms with Crippen molar-refractivity contribution in [3.8, 4) is 17.3 Å². The van der Waals surface area contributed by atoms with Crippen LogP contribution in [-0.4, -0.2) is 33.5 Å². The summed E-state index contributed by atoms with van der Waals surface area (Å²) in [5, 5.41) is 13.0. The van der Waals surface area contributed by atoms with Crippen LogP contribution in [0.25, 0.3) is 22.6 Å². The molecule has 2 aromatic carbocycles. The summed E-state index contributed by atoms with van der Waals surface area (Å²) in [6.45, 7) is 3.97. The van der Waals surface area contributed by atoms with Crippen molar-refractivity contribution in [1.82, 2.24) is 14.8 Å². The number of thioether (sulfide) groups is 1. The van der Waals surface area contributed by atoms with Gasteiger partial charge in [-0.25, -0.2) is 0 Å². The van der Waals surface area contributed by atoms with E-state index in [0.29, 0.717) is 28.1 Å². The molecular weight excluding hydrogens is 400 g/mol. The van der Waals surface area contributed by atoms with Crippen LogP contribution in [0.1, 0.15) is 11.1 Å². The van der Waals surface area contributed by atoms with Gasteiger partial charge in [0.2, 0.25) is 5.91 Å². The summed E-state index contributed by atoms with van der Waals surface area (Å²) < 4.78 is 13.1. The SMILES string of the molecule is COc1cccc2cc(-c3nnc(SCC(=O)Nc4cc(C)ccc4C)n3C)oc12. The highest BCUT2D eigenvalue weighted by atomic mass is 32.2. The molecule has 0 aliphatic rings. The summed E-state index contributed by atoms with van der Waals surface area (Å²) in [5.41, 5.74) is 3.62. The molecule has 0 saturated carbocycles. The van der Waals surface area contributed by atoms with Crippen molar-refractivity contribution >= 4 is 34.3 Å². The van der Waals surface area contributed by atoms with Gasteiger partial charge >= 0.3 is 0 Å². The van der Waals surface area contributed by atoms with E-state index < -0.39 is 0 Å². The first-order valence-electron chi connectivity index (χ1n) is 9.42. The number of hydrogen-bond acceptors (Lipinski definition) is 6. The van der Waals surface area contributed by atoms with Gasteiger partial charge in [0.05, 0.1) is 12.9 Å². The molecule has 0 aliphatic carbocycles. The number of aryl methyl sites for hydroxylation is 2. The third-order valence-electron chi connectivity index (χ3n) is 4.78. The molecule has 0 unspecified atom stereocenters. The Hall–Kier alpha value is -3.26. The van der Waals surface area contributed by atoms with Gasteiger partial charge in [0.1, 0.15) is 0 Å². The molecule has 0 fully saturated rings. The lowest BCUT2D eigenvalue weighted by Crippen LogP contribution is -2.15. The van der Waals surface area contributed by atoms with Crippen molar-refractivity contribution in [2.24, 2.45) is 7.05 Å². The maximum atomic E-state index is 12.4. The van der Waals surface area contributed by atoms with Crippen LogP contribution in [0, 0.1) is 13.8 Å². The Bertz CT molecular complexity index is 1230. The minimum Gasteiger partial charge on any atom is -0.493 e. The van der Waals surface area contributed by atoms with Gasteiger partial charge < -0.3 is 19.0 Å². The van der Waals surface area contributed by atoms with Crippen LogP contribution in [0.5, 0.6) is 5.75 Å². The van der Waals surface area contributed by atoms with Crippen LogP contribution in [0.4, 0.5) is 5.69 Å². The van der Waals surface area contributed by atoms with E-state index in [4.69, 9.17) is 9.15 Å². The normalized spacial score (nSPS) is 11.1. The van der Waals surface area contributed by atoms with Crippen LogP contribution in [0.15, 0.2) is 52.0 Å². The Balaban J connectivity index is 1.48. The fourth-order valence-electron chi connectivity index (χ4n) is 3.15. The summed E-state index contributed by atoms with van der Waals surface area (Å²) in [5.74, 6) is 1.99. The van der Waals surface area contributed by atoms with Crippen molar-refractivity contribution in [2.75, 3.05) is 18.2 Å². The molecule has 2 heterocycles. The van der Waals surface area contributed by atoms with E-state index in [1.165, 1.54) is 11.8 Å². The number of rotatable bonds is 6. The second-order valence-corrected chi connectivity index (χ2v) is 7.95. The monoisotopic (exact) mass is 422 g/mol. The van der Waals surface area contributed by atoms with Crippen molar-refractivity contribution in [1.29, 1.82) is 0 Å². The Morgan fingerprint density at radius 2 is 2.03 bits per heavy atom. The number of benzene rings is 2. The van der Waals surface area contributed by atoms with Gasteiger partial charge in [-0.1, -0.05) is 36.0 Å². The molecule has 154 valence electrons.